The van der Waals surface area contributed by atoms with Crippen LogP contribution in [0.15, 0.2) is 18.2 Å². The second-order valence-corrected chi connectivity index (χ2v) is 3.91. The van der Waals surface area contributed by atoms with Crippen molar-refractivity contribution in [2.75, 3.05) is 25.6 Å². The van der Waals surface area contributed by atoms with Gasteiger partial charge in [-0.05, 0) is 18.2 Å². The van der Waals surface area contributed by atoms with E-state index in [0.717, 1.165) is 6.29 Å². The summed E-state index contributed by atoms with van der Waals surface area (Å²) in [5.41, 5.74) is 1.24. The van der Waals surface area contributed by atoms with Crippen molar-refractivity contribution in [2.45, 2.75) is 6.42 Å². The van der Waals surface area contributed by atoms with Crippen LogP contribution in [0.1, 0.15) is 16.8 Å². The number of anilines is 1. The molecule has 1 aromatic rings. The molecule has 102 valence electrons. The quantitative estimate of drug-likeness (QED) is 0.730. The average Bonchev–Trinajstić information content (AvgIpc) is 2.44. The summed E-state index contributed by atoms with van der Waals surface area (Å²) in [7, 11) is 3.31. The summed E-state index contributed by atoms with van der Waals surface area (Å²) in [6.45, 7) is 0.401. The summed E-state index contributed by atoms with van der Waals surface area (Å²) in [4.78, 5) is 33.9. The van der Waals surface area contributed by atoms with Crippen LogP contribution in [-0.4, -0.2) is 39.3 Å². The van der Waals surface area contributed by atoms with Gasteiger partial charge in [0.05, 0.1) is 12.8 Å². The van der Waals surface area contributed by atoms with Gasteiger partial charge >= 0.3 is 0 Å². The zero-order chi connectivity index (χ0) is 14.3. The fourth-order valence-corrected chi connectivity index (χ4v) is 1.61. The topological polar surface area (TPSA) is 75.7 Å². The Morgan fingerprint density at radius 3 is 2.74 bits per heavy atom. The maximum Gasteiger partial charge on any atom is 0.228 e. The van der Waals surface area contributed by atoms with Gasteiger partial charge in [-0.3, -0.25) is 19.7 Å². The molecule has 0 unspecified atom stereocenters. The van der Waals surface area contributed by atoms with Crippen LogP contribution >= 0.6 is 0 Å². The molecule has 0 fully saturated rings. The highest BCUT2D eigenvalue weighted by Gasteiger charge is 2.10. The Balaban J connectivity index is 2.79. The van der Waals surface area contributed by atoms with Crippen LogP contribution in [0.25, 0.3) is 0 Å². The SMILES string of the molecule is COc1ccc(C=O)cc1N(C)CCC(=O)NC=O. The molecule has 6 heteroatoms. The van der Waals surface area contributed by atoms with E-state index >= 15 is 0 Å². The zero-order valence-corrected chi connectivity index (χ0v) is 10.9. The Labute approximate surface area is 111 Å². The molecular weight excluding hydrogens is 248 g/mol. The second kappa shape index (κ2) is 7.15. The molecule has 0 radical (unpaired) electrons. The molecule has 0 saturated heterocycles. The van der Waals surface area contributed by atoms with Gasteiger partial charge in [-0.25, -0.2) is 0 Å². The maximum atomic E-state index is 11.2. The predicted octanol–water partition coefficient (Wildman–Crippen LogP) is 0.607. The first-order chi connectivity index (χ1) is 9.12. The number of hydrogen-bond donors (Lipinski definition) is 1. The van der Waals surface area contributed by atoms with E-state index < -0.39 is 0 Å². The zero-order valence-electron chi connectivity index (χ0n) is 10.9. The van der Waals surface area contributed by atoms with Crippen LogP contribution in [0.2, 0.25) is 0 Å². The largest absolute Gasteiger partial charge is 0.495 e. The normalized spacial score (nSPS) is 9.58. The number of methoxy groups -OCH3 is 1. The minimum Gasteiger partial charge on any atom is -0.495 e. The number of hydrogen-bond acceptors (Lipinski definition) is 5. The van der Waals surface area contributed by atoms with Gasteiger partial charge < -0.3 is 9.64 Å². The van der Waals surface area contributed by atoms with Gasteiger partial charge in [0.2, 0.25) is 12.3 Å². The monoisotopic (exact) mass is 264 g/mol. The number of nitrogens with zero attached hydrogens (tertiary/aromatic N) is 1. The number of nitrogens with one attached hydrogen (secondary N) is 1. The first-order valence-corrected chi connectivity index (χ1v) is 5.69. The summed E-state index contributed by atoms with van der Waals surface area (Å²) < 4.78 is 5.21. The number of aldehydes is 1. The first-order valence-electron chi connectivity index (χ1n) is 5.69. The van der Waals surface area contributed by atoms with Gasteiger partial charge in [0.25, 0.3) is 0 Å². The van der Waals surface area contributed by atoms with E-state index in [1.54, 1.807) is 30.1 Å². The van der Waals surface area contributed by atoms with Crippen molar-refractivity contribution in [3.8, 4) is 5.75 Å². The number of amides is 2. The molecular formula is C13H16N2O4. The molecule has 0 aliphatic rings. The highest BCUT2D eigenvalue weighted by atomic mass is 16.5. The maximum absolute atomic E-state index is 11.2. The molecule has 1 aromatic carbocycles. The third kappa shape index (κ3) is 4.09. The molecule has 0 saturated carbocycles. The Morgan fingerprint density at radius 1 is 1.42 bits per heavy atom. The third-order valence-corrected chi connectivity index (χ3v) is 2.64. The number of ether oxygens (including phenoxy) is 1. The first kappa shape index (κ1) is 14.7. The van der Waals surface area contributed by atoms with E-state index in [1.807, 2.05) is 0 Å². The molecule has 0 aliphatic heterocycles. The Kier molecular flexibility index (Phi) is 5.53. The Morgan fingerprint density at radius 2 is 2.16 bits per heavy atom. The Hall–Kier alpha value is -2.37. The minimum atomic E-state index is -0.354. The van der Waals surface area contributed by atoms with E-state index in [-0.39, 0.29) is 12.3 Å². The lowest BCUT2D eigenvalue weighted by atomic mass is 10.2. The van der Waals surface area contributed by atoms with Crippen molar-refractivity contribution in [1.82, 2.24) is 5.32 Å². The van der Waals surface area contributed by atoms with Crippen LogP contribution in [0.4, 0.5) is 5.69 Å². The van der Waals surface area contributed by atoms with Gasteiger partial charge in [-0.2, -0.15) is 0 Å². The summed E-state index contributed by atoms with van der Waals surface area (Å²) in [6, 6.07) is 5.03. The van der Waals surface area contributed by atoms with Gasteiger partial charge in [0, 0.05) is 25.6 Å². The van der Waals surface area contributed by atoms with E-state index in [1.165, 1.54) is 7.11 Å². The Bertz CT molecular complexity index is 474. The molecule has 1 N–H and O–H groups in total. The van der Waals surface area contributed by atoms with Crippen molar-refractivity contribution in [2.24, 2.45) is 0 Å². The van der Waals surface area contributed by atoms with Gasteiger partial charge in [0.15, 0.2) is 0 Å². The molecule has 0 heterocycles. The number of rotatable bonds is 7. The van der Waals surface area contributed by atoms with Crippen LogP contribution < -0.4 is 15.0 Å². The van der Waals surface area contributed by atoms with Crippen LogP contribution in [0.5, 0.6) is 5.75 Å². The molecule has 19 heavy (non-hydrogen) atoms. The van der Waals surface area contributed by atoms with Crippen molar-refractivity contribution in [3.05, 3.63) is 23.8 Å². The number of carbonyl (C=O) groups excluding carboxylic acids is 3. The molecule has 6 nitrogen and oxygen atoms in total. The molecule has 0 aromatic heterocycles. The standard InChI is InChI=1S/C13H16N2O4/c1-15(6-5-13(18)14-9-17)11-7-10(8-16)3-4-12(11)19-2/h3-4,7-9H,5-6H2,1-2H3,(H,14,17,18). The highest BCUT2D eigenvalue weighted by molar-refractivity contribution is 5.86. The molecule has 1 rings (SSSR count). The van der Waals surface area contributed by atoms with E-state index in [9.17, 15) is 14.4 Å². The minimum absolute atomic E-state index is 0.170. The van der Waals surface area contributed by atoms with Gasteiger partial charge in [-0.15, -0.1) is 0 Å². The fourth-order valence-electron chi connectivity index (χ4n) is 1.61. The molecule has 0 bridgehead atoms. The predicted molar refractivity (Wildman–Crippen MR) is 70.5 cm³/mol. The fraction of sp³-hybridized carbons (Fsp3) is 0.308. The number of imide groups is 1. The van der Waals surface area contributed by atoms with Crippen LogP contribution in [-0.2, 0) is 9.59 Å². The number of benzene rings is 1. The highest BCUT2D eigenvalue weighted by Crippen LogP contribution is 2.28. The van der Waals surface area contributed by atoms with Crippen LogP contribution in [0.3, 0.4) is 0 Å². The lowest BCUT2D eigenvalue weighted by Gasteiger charge is -2.21. The van der Waals surface area contributed by atoms with Crippen molar-refractivity contribution in [1.29, 1.82) is 0 Å². The van der Waals surface area contributed by atoms with Crippen molar-refractivity contribution in [3.63, 3.8) is 0 Å². The smallest absolute Gasteiger partial charge is 0.228 e. The third-order valence-electron chi connectivity index (χ3n) is 2.64. The average molecular weight is 264 g/mol. The van der Waals surface area contributed by atoms with Crippen molar-refractivity contribution >= 4 is 24.3 Å². The van der Waals surface area contributed by atoms with Crippen molar-refractivity contribution < 1.29 is 19.1 Å². The summed E-state index contributed by atoms with van der Waals surface area (Å²) in [5, 5.41) is 2.07. The summed E-state index contributed by atoms with van der Waals surface area (Å²) in [5.74, 6) is 0.260. The van der Waals surface area contributed by atoms with Gasteiger partial charge in [-0.1, -0.05) is 0 Å². The molecule has 0 aliphatic carbocycles. The lowest BCUT2D eigenvalue weighted by Crippen LogP contribution is -2.28. The summed E-state index contributed by atoms with van der Waals surface area (Å²) in [6.07, 6.45) is 1.27. The van der Waals surface area contributed by atoms with Gasteiger partial charge in [0.1, 0.15) is 12.0 Å². The molecule has 2 amide bonds. The van der Waals surface area contributed by atoms with E-state index in [2.05, 4.69) is 5.32 Å². The summed E-state index contributed by atoms with van der Waals surface area (Å²) >= 11 is 0. The van der Waals surface area contributed by atoms with Crippen LogP contribution in [0, 0.1) is 0 Å². The van der Waals surface area contributed by atoms with E-state index in [0.29, 0.717) is 30.0 Å². The lowest BCUT2D eigenvalue weighted by molar-refractivity contribution is -0.125. The van der Waals surface area contributed by atoms with E-state index in [4.69, 9.17) is 4.74 Å². The number of carbonyl (C=O) groups is 3. The second-order valence-electron chi connectivity index (χ2n) is 3.91. The molecule has 0 spiro atoms. The molecule has 0 atom stereocenters.